The van der Waals surface area contributed by atoms with E-state index in [1.807, 2.05) is 0 Å². The number of hydrogen-bond donors (Lipinski definition) is 1. The van der Waals surface area contributed by atoms with Gasteiger partial charge in [-0.3, -0.25) is 4.90 Å². The average Bonchev–Trinajstić information content (AvgIpc) is 2.75. The van der Waals surface area contributed by atoms with E-state index in [0.717, 1.165) is 45.6 Å². The van der Waals surface area contributed by atoms with E-state index in [0.29, 0.717) is 12.1 Å². The maximum absolute atomic E-state index is 6.06. The molecule has 0 aromatic heterocycles. The van der Waals surface area contributed by atoms with Gasteiger partial charge in [-0.2, -0.15) is 0 Å². The minimum atomic E-state index is 0.0222. The molecule has 2 N–H and O–H groups in total. The molecule has 0 bridgehead atoms. The second-order valence-electron chi connectivity index (χ2n) is 6.46. The first-order valence-corrected chi connectivity index (χ1v) is 8.00. The summed E-state index contributed by atoms with van der Waals surface area (Å²) in [4.78, 5) is 2.70. The van der Waals surface area contributed by atoms with E-state index in [1.54, 1.807) is 0 Å². The van der Waals surface area contributed by atoms with Crippen molar-refractivity contribution in [3.8, 4) is 0 Å². The fraction of sp³-hybridized carbons (Fsp3) is 1.00. The van der Waals surface area contributed by atoms with Gasteiger partial charge in [0.2, 0.25) is 0 Å². The topological polar surface area (TPSA) is 47.7 Å². The summed E-state index contributed by atoms with van der Waals surface area (Å²) in [5.74, 6) is 0. The molecule has 3 atom stereocenters. The van der Waals surface area contributed by atoms with Crippen molar-refractivity contribution in [1.82, 2.24) is 4.90 Å². The summed E-state index contributed by atoms with van der Waals surface area (Å²) in [7, 11) is 0. The number of nitrogens with zero attached hydrogens (tertiary/aromatic N) is 1. The number of likely N-dealkylation sites (tertiary alicyclic amines) is 1. The van der Waals surface area contributed by atoms with E-state index in [9.17, 15) is 0 Å². The highest BCUT2D eigenvalue weighted by molar-refractivity contribution is 4.95. The lowest BCUT2D eigenvalue weighted by Crippen LogP contribution is -2.53. The van der Waals surface area contributed by atoms with Crippen molar-refractivity contribution in [2.24, 2.45) is 5.73 Å². The highest BCUT2D eigenvalue weighted by atomic mass is 16.6. The second kappa shape index (κ2) is 6.08. The summed E-state index contributed by atoms with van der Waals surface area (Å²) in [6.45, 7) is 4.59. The minimum absolute atomic E-state index is 0.0222. The number of rotatable bonds is 2. The van der Waals surface area contributed by atoms with Gasteiger partial charge in [-0.05, 0) is 32.2 Å². The molecular weight excluding hydrogens is 240 g/mol. The largest absolute Gasteiger partial charge is 0.378 e. The van der Waals surface area contributed by atoms with Gasteiger partial charge in [0.1, 0.15) is 0 Å². The molecule has 3 aliphatic rings. The molecule has 3 unspecified atom stereocenters. The molecule has 0 amide bonds. The van der Waals surface area contributed by atoms with Crippen LogP contribution in [-0.4, -0.2) is 55.5 Å². The van der Waals surface area contributed by atoms with Crippen molar-refractivity contribution >= 4 is 0 Å². The van der Waals surface area contributed by atoms with Gasteiger partial charge < -0.3 is 15.2 Å². The lowest BCUT2D eigenvalue weighted by molar-refractivity contribution is -0.110. The third-order valence-corrected chi connectivity index (χ3v) is 5.20. The van der Waals surface area contributed by atoms with Gasteiger partial charge in [0.25, 0.3) is 0 Å². The Kier molecular flexibility index (Phi) is 4.42. The zero-order valence-corrected chi connectivity index (χ0v) is 12.0. The SMILES string of the molecule is NCC1CCCCCN1C1CCOC2(CCOC2)C1. The Morgan fingerprint density at radius 2 is 2.11 bits per heavy atom. The van der Waals surface area contributed by atoms with Gasteiger partial charge in [-0.1, -0.05) is 12.8 Å². The zero-order chi connectivity index (χ0) is 13.1. The van der Waals surface area contributed by atoms with Crippen LogP contribution in [0.3, 0.4) is 0 Å². The van der Waals surface area contributed by atoms with Crippen LogP contribution >= 0.6 is 0 Å². The highest BCUT2D eigenvalue weighted by Crippen LogP contribution is 2.36. The van der Waals surface area contributed by atoms with Crippen molar-refractivity contribution in [1.29, 1.82) is 0 Å². The normalized spacial score (nSPS) is 41.5. The number of nitrogens with two attached hydrogens (primary N) is 1. The summed E-state index contributed by atoms with van der Waals surface area (Å²) in [6, 6.07) is 1.24. The minimum Gasteiger partial charge on any atom is -0.378 e. The average molecular weight is 268 g/mol. The van der Waals surface area contributed by atoms with Crippen LogP contribution < -0.4 is 5.73 Å². The first-order chi connectivity index (χ1) is 9.33. The Bertz CT molecular complexity index is 292. The zero-order valence-electron chi connectivity index (χ0n) is 12.0. The van der Waals surface area contributed by atoms with E-state index in [2.05, 4.69) is 4.90 Å². The number of hydrogen-bond acceptors (Lipinski definition) is 4. The summed E-state index contributed by atoms with van der Waals surface area (Å²) >= 11 is 0. The van der Waals surface area contributed by atoms with Gasteiger partial charge in [-0.15, -0.1) is 0 Å². The number of ether oxygens (including phenoxy) is 2. The molecule has 19 heavy (non-hydrogen) atoms. The maximum Gasteiger partial charge on any atom is 0.0951 e. The maximum atomic E-state index is 6.06. The first kappa shape index (κ1) is 13.8. The molecule has 0 aromatic carbocycles. The standard InChI is InChI=1S/C15H28N2O2/c16-11-14-4-2-1-3-7-17(14)13-5-8-19-15(10-13)6-9-18-12-15/h13-14H,1-12,16H2. The summed E-state index contributed by atoms with van der Waals surface area (Å²) in [6.07, 6.45) is 8.70. The van der Waals surface area contributed by atoms with Crippen LogP contribution in [0, 0.1) is 0 Å². The molecule has 0 saturated carbocycles. The summed E-state index contributed by atoms with van der Waals surface area (Å²) < 4.78 is 11.6. The molecule has 3 aliphatic heterocycles. The predicted molar refractivity (Wildman–Crippen MR) is 75.2 cm³/mol. The lowest BCUT2D eigenvalue weighted by Gasteiger charge is -2.44. The highest BCUT2D eigenvalue weighted by Gasteiger charge is 2.43. The molecule has 0 aromatic rings. The Morgan fingerprint density at radius 3 is 2.89 bits per heavy atom. The predicted octanol–water partition coefficient (Wildman–Crippen LogP) is 1.53. The van der Waals surface area contributed by atoms with Crippen molar-refractivity contribution in [3.63, 3.8) is 0 Å². The van der Waals surface area contributed by atoms with Gasteiger partial charge >= 0.3 is 0 Å². The van der Waals surface area contributed by atoms with E-state index in [1.165, 1.54) is 32.2 Å². The van der Waals surface area contributed by atoms with Gasteiger partial charge in [-0.25, -0.2) is 0 Å². The molecule has 3 heterocycles. The van der Waals surface area contributed by atoms with Crippen molar-refractivity contribution in [2.45, 2.75) is 62.6 Å². The molecule has 4 nitrogen and oxygen atoms in total. The Labute approximate surface area is 116 Å². The van der Waals surface area contributed by atoms with Gasteiger partial charge in [0.15, 0.2) is 0 Å². The molecule has 110 valence electrons. The molecule has 1 spiro atoms. The van der Waals surface area contributed by atoms with Crippen molar-refractivity contribution in [2.75, 3.05) is 32.9 Å². The first-order valence-electron chi connectivity index (χ1n) is 8.00. The third-order valence-electron chi connectivity index (χ3n) is 5.20. The van der Waals surface area contributed by atoms with E-state index in [-0.39, 0.29) is 5.60 Å². The molecule has 3 rings (SSSR count). The Hall–Kier alpha value is -0.160. The van der Waals surface area contributed by atoms with Crippen LogP contribution in [0.2, 0.25) is 0 Å². The molecule has 0 radical (unpaired) electrons. The van der Waals surface area contributed by atoms with Gasteiger partial charge in [0, 0.05) is 38.3 Å². The van der Waals surface area contributed by atoms with Crippen LogP contribution in [-0.2, 0) is 9.47 Å². The summed E-state index contributed by atoms with van der Waals surface area (Å²) in [5.41, 5.74) is 6.04. The Morgan fingerprint density at radius 1 is 1.16 bits per heavy atom. The van der Waals surface area contributed by atoms with Crippen molar-refractivity contribution in [3.05, 3.63) is 0 Å². The molecule has 3 fully saturated rings. The molecular formula is C15H28N2O2. The van der Waals surface area contributed by atoms with E-state index in [4.69, 9.17) is 15.2 Å². The quantitative estimate of drug-likeness (QED) is 0.825. The molecule has 4 heteroatoms. The van der Waals surface area contributed by atoms with Crippen LogP contribution in [0.15, 0.2) is 0 Å². The van der Waals surface area contributed by atoms with Crippen LogP contribution in [0.25, 0.3) is 0 Å². The fourth-order valence-electron chi connectivity index (χ4n) is 4.08. The van der Waals surface area contributed by atoms with Crippen molar-refractivity contribution < 1.29 is 9.47 Å². The van der Waals surface area contributed by atoms with Crippen LogP contribution in [0.1, 0.15) is 44.9 Å². The van der Waals surface area contributed by atoms with E-state index >= 15 is 0 Å². The van der Waals surface area contributed by atoms with Crippen LogP contribution in [0.5, 0.6) is 0 Å². The monoisotopic (exact) mass is 268 g/mol. The summed E-state index contributed by atoms with van der Waals surface area (Å²) in [5, 5.41) is 0. The smallest absolute Gasteiger partial charge is 0.0951 e. The Balaban J connectivity index is 1.68. The van der Waals surface area contributed by atoms with Gasteiger partial charge in [0.05, 0.1) is 12.2 Å². The van der Waals surface area contributed by atoms with E-state index < -0.39 is 0 Å². The second-order valence-corrected chi connectivity index (χ2v) is 6.46. The molecule has 0 aliphatic carbocycles. The molecule has 3 saturated heterocycles. The lowest BCUT2D eigenvalue weighted by atomic mass is 9.88. The third kappa shape index (κ3) is 2.97. The fourth-order valence-corrected chi connectivity index (χ4v) is 4.08. The van der Waals surface area contributed by atoms with Crippen LogP contribution in [0.4, 0.5) is 0 Å².